The molecule has 0 atom stereocenters. The standard InChI is InChI=1S/C14H22N2O3S/c1-5-10(6-2)7-15-14(19)16-12-11(13(17)18)8(3)9(4)20-12/h10H,5-7H2,1-4H3,(H,17,18)(H2,15,16,19). The predicted molar refractivity (Wildman–Crippen MR) is 81.8 cm³/mol. The molecule has 6 heteroatoms. The monoisotopic (exact) mass is 298 g/mol. The van der Waals surface area contributed by atoms with Crippen molar-refractivity contribution in [3.8, 4) is 0 Å². The van der Waals surface area contributed by atoms with Crippen molar-refractivity contribution in [3.63, 3.8) is 0 Å². The molecular weight excluding hydrogens is 276 g/mol. The van der Waals surface area contributed by atoms with Gasteiger partial charge in [-0.2, -0.15) is 0 Å². The van der Waals surface area contributed by atoms with Crippen LogP contribution in [0.5, 0.6) is 0 Å². The summed E-state index contributed by atoms with van der Waals surface area (Å²) in [6, 6.07) is -0.347. The average molecular weight is 298 g/mol. The molecule has 0 aliphatic carbocycles. The van der Waals surface area contributed by atoms with Crippen LogP contribution in [0.4, 0.5) is 9.80 Å². The number of rotatable bonds is 6. The lowest BCUT2D eigenvalue weighted by Gasteiger charge is -2.13. The molecule has 0 aliphatic rings. The number of amides is 2. The van der Waals surface area contributed by atoms with Gasteiger partial charge in [-0.15, -0.1) is 11.3 Å². The van der Waals surface area contributed by atoms with Gasteiger partial charge in [0.1, 0.15) is 5.00 Å². The summed E-state index contributed by atoms with van der Waals surface area (Å²) in [5.74, 6) is -0.561. The Kier molecular flexibility index (Phi) is 6.01. The molecular formula is C14H22N2O3S. The van der Waals surface area contributed by atoms with E-state index < -0.39 is 5.97 Å². The fourth-order valence-corrected chi connectivity index (χ4v) is 2.98. The van der Waals surface area contributed by atoms with Crippen LogP contribution in [-0.4, -0.2) is 23.7 Å². The van der Waals surface area contributed by atoms with Gasteiger partial charge in [0.2, 0.25) is 0 Å². The molecule has 1 heterocycles. The van der Waals surface area contributed by atoms with Crippen LogP contribution >= 0.6 is 11.3 Å². The maximum atomic E-state index is 11.8. The molecule has 20 heavy (non-hydrogen) atoms. The Morgan fingerprint density at radius 2 is 1.85 bits per heavy atom. The fraction of sp³-hybridized carbons (Fsp3) is 0.571. The summed E-state index contributed by atoms with van der Waals surface area (Å²) in [6.45, 7) is 8.37. The summed E-state index contributed by atoms with van der Waals surface area (Å²) < 4.78 is 0. The summed E-state index contributed by atoms with van der Waals surface area (Å²) in [7, 11) is 0. The highest BCUT2D eigenvalue weighted by molar-refractivity contribution is 7.16. The Balaban J connectivity index is 2.71. The Bertz CT molecular complexity index is 493. The lowest BCUT2D eigenvalue weighted by Crippen LogP contribution is -2.33. The van der Waals surface area contributed by atoms with Crippen LogP contribution in [0.1, 0.15) is 47.5 Å². The minimum atomic E-state index is -1.01. The minimum Gasteiger partial charge on any atom is -0.478 e. The number of carboxylic acid groups (broad SMARTS) is 1. The van der Waals surface area contributed by atoms with E-state index in [4.69, 9.17) is 0 Å². The van der Waals surface area contributed by atoms with E-state index in [1.54, 1.807) is 6.92 Å². The molecule has 0 fully saturated rings. The number of aromatic carboxylic acids is 1. The maximum Gasteiger partial charge on any atom is 0.338 e. The third kappa shape index (κ3) is 3.96. The molecule has 3 N–H and O–H groups in total. The van der Waals surface area contributed by atoms with Gasteiger partial charge in [0.05, 0.1) is 5.56 Å². The molecule has 112 valence electrons. The zero-order valence-electron chi connectivity index (χ0n) is 12.4. The van der Waals surface area contributed by atoms with Crippen molar-refractivity contribution in [1.82, 2.24) is 5.32 Å². The van der Waals surface area contributed by atoms with Gasteiger partial charge in [0.25, 0.3) is 0 Å². The van der Waals surface area contributed by atoms with Crippen molar-refractivity contribution in [2.75, 3.05) is 11.9 Å². The number of hydrogen-bond donors (Lipinski definition) is 3. The number of urea groups is 1. The molecule has 1 rings (SSSR count). The van der Waals surface area contributed by atoms with E-state index in [-0.39, 0.29) is 11.6 Å². The highest BCUT2D eigenvalue weighted by atomic mass is 32.1. The van der Waals surface area contributed by atoms with Gasteiger partial charge in [-0.3, -0.25) is 5.32 Å². The van der Waals surface area contributed by atoms with E-state index in [1.165, 1.54) is 11.3 Å². The van der Waals surface area contributed by atoms with Crippen LogP contribution in [0.15, 0.2) is 0 Å². The number of hydrogen-bond acceptors (Lipinski definition) is 3. The Morgan fingerprint density at radius 1 is 1.25 bits per heavy atom. The van der Waals surface area contributed by atoms with Crippen LogP contribution in [-0.2, 0) is 0 Å². The molecule has 1 aromatic heterocycles. The zero-order chi connectivity index (χ0) is 15.3. The molecule has 0 saturated carbocycles. The molecule has 1 aromatic rings. The predicted octanol–water partition coefficient (Wildman–Crippen LogP) is 3.62. The van der Waals surface area contributed by atoms with Crippen LogP contribution in [0, 0.1) is 19.8 Å². The molecule has 0 aliphatic heterocycles. The molecule has 0 unspecified atom stereocenters. The van der Waals surface area contributed by atoms with Gasteiger partial charge >= 0.3 is 12.0 Å². The number of aryl methyl sites for hydroxylation is 1. The summed E-state index contributed by atoms with van der Waals surface area (Å²) in [5, 5.41) is 15.0. The van der Waals surface area contributed by atoms with E-state index in [9.17, 15) is 14.7 Å². The minimum absolute atomic E-state index is 0.185. The van der Waals surface area contributed by atoms with E-state index in [0.717, 1.165) is 17.7 Å². The first kappa shape index (κ1) is 16.5. The average Bonchev–Trinajstić information content (AvgIpc) is 2.65. The molecule has 0 saturated heterocycles. The number of thiophene rings is 1. The second kappa shape index (κ2) is 7.28. The lowest BCUT2D eigenvalue weighted by molar-refractivity contribution is 0.0697. The van der Waals surface area contributed by atoms with E-state index in [1.807, 2.05) is 6.92 Å². The molecule has 0 spiro atoms. The van der Waals surface area contributed by atoms with Gasteiger partial charge in [-0.05, 0) is 25.3 Å². The molecule has 0 bridgehead atoms. The van der Waals surface area contributed by atoms with Gasteiger partial charge in [0.15, 0.2) is 0 Å². The third-order valence-electron chi connectivity index (χ3n) is 3.53. The number of carbonyl (C=O) groups is 2. The number of nitrogens with one attached hydrogen (secondary N) is 2. The number of carbonyl (C=O) groups excluding carboxylic acids is 1. The van der Waals surface area contributed by atoms with Gasteiger partial charge in [0, 0.05) is 11.4 Å². The second-order valence-corrected chi connectivity index (χ2v) is 6.03. The Morgan fingerprint density at radius 3 is 2.35 bits per heavy atom. The van der Waals surface area contributed by atoms with Crippen LogP contribution < -0.4 is 10.6 Å². The van der Waals surface area contributed by atoms with Crippen LogP contribution in [0.3, 0.4) is 0 Å². The fourth-order valence-electron chi connectivity index (χ4n) is 1.93. The molecule has 0 aromatic carbocycles. The van der Waals surface area contributed by atoms with Gasteiger partial charge < -0.3 is 10.4 Å². The Hall–Kier alpha value is -1.56. The largest absolute Gasteiger partial charge is 0.478 e. The van der Waals surface area contributed by atoms with E-state index in [2.05, 4.69) is 24.5 Å². The smallest absolute Gasteiger partial charge is 0.338 e. The topological polar surface area (TPSA) is 78.4 Å². The third-order valence-corrected chi connectivity index (χ3v) is 4.65. The van der Waals surface area contributed by atoms with Crippen LogP contribution in [0.2, 0.25) is 0 Å². The highest BCUT2D eigenvalue weighted by Crippen LogP contribution is 2.32. The summed E-state index contributed by atoms with van der Waals surface area (Å²) in [5.41, 5.74) is 0.892. The van der Waals surface area contributed by atoms with Crippen LogP contribution in [0.25, 0.3) is 0 Å². The first-order chi connectivity index (χ1) is 9.40. The van der Waals surface area contributed by atoms with E-state index in [0.29, 0.717) is 23.0 Å². The SMILES string of the molecule is CCC(CC)CNC(=O)Nc1sc(C)c(C)c1C(=O)O. The number of anilines is 1. The van der Waals surface area contributed by atoms with Crippen molar-refractivity contribution in [3.05, 3.63) is 16.0 Å². The first-order valence-electron chi connectivity index (χ1n) is 6.78. The highest BCUT2D eigenvalue weighted by Gasteiger charge is 2.20. The summed E-state index contributed by atoms with van der Waals surface area (Å²) >= 11 is 1.29. The maximum absolute atomic E-state index is 11.8. The molecule has 5 nitrogen and oxygen atoms in total. The lowest BCUT2D eigenvalue weighted by atomic mass is 10.0. The van der Waals surface area contributed by atoms with Gasteiger partial charge in [-0.25, -0.2) is 9.59 Å². The molecule has 0 radical (unpaired) electrons. The summed E-state index contributed by atoms with van der Waals surface area (Å²) in [6.07, 6.45) is 2.02. The first-order valence-corrected chi connectivity index (χ1v) is 7.60. The van der Waals surface area contributed by atoms with Crippen molar-refractivity contribution >= 4 is 28.3 Å². The zero-order valence-corrected chi connectivity index (χ0v) is 13.2. The quantitative estimate of drug-likeness (QED) is 0.750. The van der Waals surface area contributed by atoms with Crippen molar-refractivity contribution < 1.29 is 14.7 Å². The van der Waals surface area contributed by atoms with E-state index >= 15 is 0 Å². The molecule has 2 amide bonds. The van der Waals surface area contributed by atoms with Gasteiger partial charge in [-0.1, -0.05) is 26.7 Å². The number of carboxylic acids is 1. The second-order valence-electron chi connectivity index (χ2n) is 4.81. The Labute approximate surface area is 123 Å². The van der Waals surface area contributed by atoms with Crippen molar-refractivity contribution in [2.45, 2.75) is 40.5 Å². The normalized spacial score (nSPS) is 10.7. The summed E-state index contributed by atoms with van der Waals surface area (Å²) in [4.78, 5) is 24.0. The van der Waals surface area contributed by atoms with Crippen molar-refractivity contribution in [2.24, 2.45) is 5.92 Å². The van der Waals surface area contributed by atoms with Crippen molar-refractivity contribution in [1.29, 1.82) is 0 Å².